The number of carbonyl (C=O) groups is 1. The number of nitrogens with one attached hydrogen (secondary N) is 2. The fraction of sp³-hybridized carbons (Fsp3) is 0.750. The molecule has 5 heteroatoms. The monoisotopic (exact) mass is 290 g/mol. The first kappa shape index (κ1) is 14.6. The zero-order valence-corrected chi connectivity index (χ0v) is 12.9. The standard InChI is InChI=1S/C16H26N4O/c1-12-10-15(19-18-12)11-20-8-6-13(7-9-20)2-5-16(21)17-14-3-4-14/h10,13-14H,2-9,11H2,1H3,(H,17,21)(H,18,19). The SMILES string of the molecule is Cc1cc(CN2CCC(CCC(=O)NC3CC3)CC2)n[nH]1. The highest BCUT2D eigenvalue weighted by molar-refractivity contribution is 5.76. The van der Waals surface area contributed by atoms with Gasteiger partial charge in [0.25, 0.3) is 0 Å². The second-order valence-corrected chi connectivity index (χ2v) is 6.64. The van der Waals surface area contributed by atoms with Crippen LogP contribution in [-0.4, -0.2) is 40.1 Å². The molecule has 1 saturated carbocycles. The molecule has 2 heterocycles. The lowest BCUT2D eigenvalue weighted by Crippen LogP contribution is -2.34. The van der Waals surface area contributed by atoms with Gasteiger partial charge in [-0.2, -0.15) is 5.10 Å². The third kappa shape index (κ3) is 4.56. The van der Waals surface area contributed by atoms with Gasteiger partial charge in [-0.3, -0.25) is 14.8 Å². The van der Waals surface area contributed by atoms with Crippen LogP contribution in [0, 0.1) is 12.8 Å². The summed E-state index contributed by atoms with van der Waals surface area (Å²) < 4.78 is 0. The van der Waals surface area contributed by atoms with Crippen molar-refractivity contribution in [1.29, 1.82) is 0 Å². The lowest BCUT2D eigenvalue weighted by molar-refractivity contribution is -0.121. The summed E-state index contributed by atoms with van der Waals surface area (Å²) in [4.78, 5) is 14.2. The van der Waals surface area contributed by atoms with Crippen molar-refractivity contribution >= 4 is 5.91 Å². The van der Waals surface area contributed by atoms with E-state index in [9.17, 15) is 4.79 Å². The van der Waals surface area contributed by atoms with Gasteiger partial charge in [-0.25, -0.2) is 0 Å². The van der Waals surface area contributed by atoms with E-state index in [4.69, 9.17) is 0 Å². The van der Waals surface area contributed by atoms with E-state index < -0.39 is 0 Å². The lowest BCUT2D eigenvalue weighted by atomic mass is 9.92. The Morgan fingerprint density at radius 2 is 2.14 bits per heavy atom. The van der Waals surface area contributed by atoms with Gasteiger partial charge in [-0.05, 0) is 64.1 Å². The zero-order valence-electron chi connectivity index (χ0n) is 12.9. The number of aryl methyl sites for hydroxylation is 1. The molecule has 1 aromatic heterocycles. The van der Waals surface area contributed by atoms with Crippen molar-refractivity contribution in [2.45, 2.75) is 58.0 Å². The van der Waals surface area contributed by atoms with Crippen LogP contribution in [0.15, 0.2) is 6.07 Å². The van der Waals surface area contributed by atoms with Gasteiger partial charge >= 0.3 is 0 Å². The maximum Gasteiger partial charge on any atom is 0.220 e. The fourth-order valence-electron chi connectivity index (χ4n) is 3.08. The largest absolute Gasteiger partial charge is 0.353 e. The fourth-order valence-corrected chi connectivity index (χ4v) is 3.08. The van der Waals surface area contributed by atoms with E-state index in [-0.39, 0.29) is 5.91 Å². The van der Waals surface area contributed by atoms with Crippen LogP contribution in [0.1, 0.15) is 49.9 Å². The molecule has 0 atom stereocenters. The van der Waals surface area contributed by atoms with E-state index in [2.05, 4.69) is 26.5 Å². The second-order valence-electron chi connectivity index (χ2n) is 6.64. The third-order valence-electron chi connectivity index (χ3n) is 4.57. The molecule has 1 aliphatic carbocycles. The molecule has 1 aliphatic heterocycles. The summed E-state index contributed by atoms with van der Waals surface area (Å²) in [6.45, 7) is 5.23. The molecular formula is C16H26N4O. The average Bonchev–Trinajstić information content (AvgIpc) is 3.19. The molecule has 116 valence electrons. The molecule has 2 fully saturated rings. The number of carbonyl (C=O) groups excluding carboxylic acids is 1. The normalized spacial score (nSPS) is 20.6. The predicted molar refractivity (Wildman–Crippen MR) is 81.7 cm³/mol. The summed E-state index contributed by atoms with van der Waals surface area (Å²) in [5.41, 5.74) is 2.26. The number of aromatic amines is 1. The maximum atomic E-state index is 11.7. The summed E-state index contributed by atoms with van der Waals surface area (Å²) >= 11 is 0. The Morgan fingerprint density at radius 3 is 2.76 bits per heavy atom. The lowest BCUT2D eigenvalue weighted by Gasteiger charge is -2.31. The van der Waals surface area contributed by atoms with E-state index in [0.29, 0.717) is 18.4 Å². The summed E-state index contributed by atoms with van der Waals surface area (Å²) in [5, 5.41) is 10.4. The van der Waals surface area contributed by atoms with Gasteiger partial charge in [0.05, 0.1) is 5.69 Å². The molecule has 0 radical (unpaired) electrons. The van der Waals surface area contributed by atoms with Crippen LogP contribution in [0.2, 0.25) is 0 Å². The molecule has 0 spiro atoms. The van der Waals surface area contributed by atoms with E-state index in [1.807, 2.05) is 6.92 Å². The first-order valence-corrected chi connectivity index (χ1v) is 8.21. The van der Waals surface area contributed by atoms with E-state index >= 15 is 0 Å². The van der Waals surface area contributed by atoms with Crippen LogP contribution in [-0.2, 0) is 11.3 Å². The van der Waals surface area contributed by atoms with Gasteiger partial charge in [-0.1, -0.05) is 0 Å². The van der Waals surface area contributed by atoms with Crippen molar-refractivity contribution in [3.63, 3.8) is 0 Å². The molecule has 0 bridgehead atoms. The minimum atomic E-state index is 0.256. The molecule has 1 amide bonds. The van der Waals surface area contributed by atoms with Gasteiger partial charge in [0.15, 0.2) is 0 Å². The number of aromatic nitrogens is 2. The first-order valence-electron chi connectivity index (χ1n) is 8.21. The molecule has 1 aromatic rings. The Labute approximate surface area is 126 Å². The van der Waals surface area contributed by atoms with Crippen molar-refractivity contribution in [1.82, 2.24) is 20.4 Å². The quantitative estimate of drug-likeness (QED) is 0.842. The topological polar surface area (TPSA) is 61.0 Å². The molecule has 2 aliphatic rings. The van der Waals surface area contributed by atoms with Crippen molar-refractivity contribution < 1.29 is 4.79 Å². The Kier molecular flexibility index (Phi) is 4.58. The number of hydrogen-bond acceptors (Lipinski definition) is 3. The number of rotatable bonds is 6. The minimum absolute atomic E-state index is 0.256. The van der Waals surface area contributed by atoms with Crippen molar-refractivity contribution in [2.24, 2.45) is 5.92 Å². The molecule has 0 unspecified atom stereocenters. The maximum absolute atomic E-state index is 11.7. The highest BCUT2D eigenvalue weighted by Gasteiger charge is 2.24. The molecule has 1 saturated heterocycles. The van der Waals surface area contributed by atoms with Crippen LogP contribution in [0.4, 0.5) is 0 Å². The van der Waals surface area contributed by atoms with Crippen LogP contribution in [0.25, 0.3) is 0 Å². The van der Waals surface area contributed by atoms with E-state index in [1.54, 1.807) is 0 Å². The van der Waals surface area contributed by atoms with E-state index in [0.717, 1.165) is 37.4 Å². The van der Waals surface area contributed by atoms with Crippen molar-refractivity contribution in [3.8, 4) is 0 Å². The number of nitrogens with zero attached hydrogens (tertiary/aromatic N) is 2. The average molecular weight is 290 g/mol. The smallest absolute Gasteiger partial charge is 0.220 e. The summed E-state index contributed by atoms with van der Waals surface area (Å²) in [6.07, 6.45) is 6.53. The Bertz CT molecular complexity index is 472. The highest BCUT2D eigenvalue weighted by Crippen LogP contribution is 2.24. The summed E-state index contributed by atoms with van der Waals surface area (Å²) in [7, 11) is 0. The van der Waals surface area contributed by atoms with Crippen molar-refractivity contribution in [3.05, 3.63) is 17.5 Å². The molecule has 21 heavy (non-hydrogen) atoms. The minimum Gasteiger partial charge on any atom is -0.353 e. The van der Waals surface area contributed by atoms with Crippen molar-refractivity contribution in [2.75, 3.05) is 13.1 Å². The van der Waals surface area contributed by atoms with Crippen LogP contribution in [0.5, 0.6) is 0 Å². The molecule has 3 rings (SSSR count). The Hall–Kier alpha value is -1.36. The molecule has 2 N–H and O–H groups in total. The number of amides is 1. The Balaban J connectivity index is 1.33. The summed E-state index contributed by atoms with van der Waals surface area (Å²) in [6, 6.07) is 2.62. The van der Waals surface area contributed by atoms with Gasteiger partial charge in [-0.15, -0.1) is 0 Å². The molecule has 0 aromatic carbocycles. The number of likely N-dealkylation sites (tertiary alicyclic amines) is 1. The molecule has 5 nitrogen and oxygen atoms in total. The van der Waals surface area contributed by atoms with Crippen LogP contribution in [0.3, 0.4) is 0 Å². The Morgan fingerprint density at radius 1 is 1.38 bits per heavy atom. The van der Waals surface area contributed by atoms with Crippen LogP contribution < -0.4 is 5.32 Å². The number of piperidine rings is 1. The van der Waals surface area contributed by atoms with E-state index in [1.165, 1.54) is 25.7 Å². The van der Waals surface area contributed by atoms with Gasteiger partial charge in [0, 0.05) is 24.7 Å². The third-order valence-corrected chi connectivity index (χ3v) is 4.57. The van der Waals surface area contributed by atoms with Gasteiger partial charge < -0.3 is 5.32 Å². The highest BCUT2D eigenvalue weighted by atomic mass is 16.1. The number of H-pyrrole nitrogens is 1. The molecular weight excluding hydrogens is 264 g/mol. The van der Waals surface area contributed by atoms with Crippen LogP contribution >= 0.6 is 0 Å². The first-order chi connectivity index (χ1) is 10.2. The zero-order chi connectivity index (χ0) is 14.7. The predicted octanol–water partition coefficient (Wildman–Crippen LogP) is 1.99. The summed E-state index contributed by atoms with van der Waals surface area (Å²) in [5.74, 6) is 0.971. The van der Waals surface area contributed by atoms with Gasteiger partial charge in [0.1, 0.15) is 0 Å². The van der Waals surface area contributed by atoms with Gasteiger partial charge in [0.2, 0.25) is 5.91 Å². The number of hydrogen-bond donors (Lipinski definition) is 2. The second kappa shape index (κ2) is 6.60.